The molecule has 0 bridgehead atoms. The molecular formula is C13H18N6O2. The first-order valence-electron chi connectivity index (χ1n) is 6.80. The Kier molecular flexibility index (Phi) is 5.03. The van der Waals surface area contributed by atoms with Crippen LogP contribution in [0.5, 0.6) is 0 Å². The molecule has 0 saturated carbocycles. The molecule has 0 aliphatic carbocycles. The van der Waals surface area contributed by atoms with Gasteiger partial charge >= 0.3 is 5.69 Å². The number of nitrogens with one attached hydrogen (secondary N) is 1. The number of aromatic nitrogens is 1. The molecule has 112 valence electrons. The summed E-state index contributed by atoms with van der Waals surface area (Å²) in [6, 6.07) is 3.18. The van der Waals surface area contributed by atoms with Crippen molar-refractivity contribution in [3.05, 3.63) is 27.9 Å². The number of nitrogens with zero attached hydrogens (tertiary/aromatic N) is 5. The normalized spacial score (nSPS) is 16.4. The molecule has 0 spiro atoms. The molecular weight excluding hydrogens is 272 g/mol. The molecule has 8 nitrogen and oxygen atoms in total. The topological polar surface area (TPSA) is 98.3 Å². The van der Waals surface area contributed by atoms with Gasteiger partial charge < -0.3 is 10.2 Å². The van der Waals surface area contributed by atoms with Crippen LogP contribution in [0.15, 0.2) is 12.3 Å². The fraction of sp³-hybridized carbons (Fsp3) is 0.538. The van der Waals surface area contributed by atoms with Gasteiger partial charge in [0.1, 0.15) is 11.6 Å². The van der Waals surface area contributed by atoms with Crippen molar-refractivity contribution >= 4 is 11.5 Å². The Hall–Kier alpha value is -2.24. The molecule has 1 fully saturated rings. The van der Waals surface area contributed by atoms with Crippen LogP contribution in [0.1, 0.15) is 5.56 Å². The molecule has 1 saturated heterocycles. The lowest BCUT2D eigenvalue weighted by molar-refractivity contribution is -0.384. The standard InChI is InChI=1S/C13H18N6O2/c1-17-6-8-18(9-7-17)5-4-16-13-12(19(20)21)11(10-14)2-3-15-13/h2-3H,4-9H2,1H3,(H,15,16). The minimum atomic E-state index is -0.566. The van der Waals surface area contributed by atoms with E-state index in [1.165, 1.54) is 12.3 Å². The third-order valence-corrected chi connectivity index (χ3v) is 3.54. The predicted octanol–water partition coefficient (Wildman–Crippen LogP) is 0.521. The summed E-state index contributed by atoms with van der Waals surface area (Å²) in [4.78, 5) is 19.0. The first-order valence-corrected chi connectivity index (χ1v) is 6.80. The molecule has 0 unspecified atom stereocenters. The molecule has 0 amide bonds. The van der Waals surface area contributed by atoms with Gasteiger partial charge in [-0.25, -0.2) is 4.98 Å². The fourth-order valence-corrected chi connectivity index (χ4v) is 2.26. The maximum atomic E-state index is 11.1. The molecule has 1 N–H and O–H groups in total. The van der Waals surface area contributed by atoms with Gasteiger partial charge in [0.25, 0.3) is 0 Å². The molecule has 8 heteroatoms. The van der Waals surface area contributed by atoms with E-state index in [-0.39, 0.29) is 17.1 Å². The van der Waals surface area contributed by atoms with Gasteiger partial charge in [0.2, 0.25) is 5.82 Å². The number of nitro groups is 1. The zero-order valence-corrected chi connectivity index (χ0v) is 11.9. The van der Waals surface area contributed by atoms with E-state index in [9.17, 15) is 10.1 Å². The average molecular weight is 290 g/mol. The van der Waals surface area contributed by atoms with E-state index in [1.807, 2.05) is 6.07 Å². The maximum Gasteiger partial charge on any atom is 0.328 e. The van der Waals surface area contributed by atoms with Crippen molar-refractivity contribution in [2.75, 3.05) is 51.6 Å². The van der Waals surface area contributed by atoms with Crippen LogP contribution < -0.4 is 5.32 Å². The van der Waals surface area contributed by atoms with Crippen molar-refractivity contribution in [2.45, 2.75) is 0 Å². The summed E-state index contributed by atoms with van der Waals surface area (Å²) < 4.78 is 0. The van der Waals surface area contributed by atoms with Gasteiger partial charge in [-0.1, -0.05) is 0 Å². The van der Waals surface area contributed by atoms with E-state index < -0.39 is 4.92 Å². The molecule has 1 aromatic rings. The number of nitriles is 1. The quantitative estimate of drug-likeness (QED) is 0.623. The third-order valence-electron chi connectivity index (χ3n) is 3.54. The predicted molar refractivity (Wildman–Crippen MR) is 78.0 cm³/mol. The van der Waals surface area contributed by atoms with Gasteiger partial charge in [-0.2, -0.15) is 5.26 Å². The summed E-state index contributed by atoms with van der Waals surface area (Å²) in [7, 11) is 2.09. The van der Waals surface area contributed by atoms with Crippen molar-refractivity contribution in [1.82, 2.24) is 14.8 Å². The monoisotopic (exact) mass is 290 g/mol. The lowest BCUT2D eigenvalue weighted by Gasteiger charge is -2.32. The van der Waals surface area contributed by atoms with Gasteiger partial charge in [-0.15, -0.1) is 0 Å². The molecule has 0 atom stereocenters. The Labute approximate surface area is 123 Å². The van der Waals surface area contributed by atoms with Crippen LogP contribution in [-0.4, -0.2) is 66.0 Å². The van der Waals surface area contributed by atoms with Gasteiger partial charge in [0.15, 0.2) is 0 Å². The van der Waals surface area contributed by atoms with E-state index in [2.05, 4.69) is 27.1 Å². The Morgan fingerprint density at radius 1 is 1.48 bits per heavy atom. The second-order valence-electron chi connectivity index (χ2n) is 5.00. The SMILES string of the molecule is CN1CCN(CCNc2nccc(C#N)c2[N+](=O)[O-])CC1. The summed E-state index contributed by atoms with van der Waals surface area (Å²) >= 11 is 0. The third kappa shape index (κ3) is 3.87. The van der Waals surface area contributed by atoms with Gasteiger partial charge in [-0.05, 0) is 13.1 Å². The highest BCUT2D eigenvalue weighted by Gasteiger charge is 2.21. The molecule has 1 aliphatic rings. The van der Waals surface area contributed by atoms with Crippen molar-refractivity contribution in [3.63, 3.8) is 0 Å². The lowest BCUT2D eigenvalue weighted by atomic mass is 10.2. The highest BCUT2D eigenvalue weighted by atomic mass is 16.6. The Bertz CT molecular complexity index is 548. The molecule has 1 aliphatic heterocycles. The molecule has 0 radical (unpaired) electrons. The van der Waals surface area contributed by atoms with E-state index in [4.69, 9.17) is 5.26 Å². The summed E-state index contributed by atoms with van der Waals surface area (Å²) in [5, 5.41) is 23.0. The van der Waals surface area contributed by atoms with Crippen LogP contribution in [0, 0.1) is 21.4 Å². The highest BCUT2D eigenvalue weighted by molar-refractivity contribution is 5.63. The zero-order chi connectivity index (χ0) is 15.2. The average Bonchev–Trinajstić information content (AvgIpc) is 2.48. The number of likely N-dealkylation sites (N-methyl/N-ethyl adjacent to an activating group) is 1. The molecule has 1 aromatic heterocycles. The number of piperazine rings is 1. The Morgan fingerprint density at radius 2 is 2.19 bits per heavy atom. The molecule has 0 aromatic carbocycles. The van der Waals surface area contributed by atoms with Gasteiger partial charge in [0.05, 0.1) is 4.92 Å². The largest absolute Gasteiger partial charge is 0.363 e. The Balaban J connectivity index is 1.94. The number of pyridine rings is 1. The minimum absolute atomic E-state index is 0.0251. The van der Waals surface area contributed by atoms with Crippen molar-refractivity contribution in [3.8, 4) is 6.07 Å². The van der Waals surface area contributed by atoms with Crippen molar-refractivity contribution in [2.24, 2.45) is 0 Å². The summed E-state index contributed by atoms with van der Waals surface area (Å²) in [5.41, 5.74) is -0.226. The lowest BCUT2D eigenvalue weighted by Crippen LogP contribution is -2.45. The summed E-state index contributed by atoms with van der Waals surface area (Å²) in [5.74, 6) is 0.160. The van der Waals surface area contributed by atoms with Crippen LogP contribution in [0.2, 0.25) is 0 Å². The number of rotatable bonds is 5. The van der Waals surface area contributed by atoms with Crippen LogP contribution in [0.25, 0.3) is 0 Å². The van der Waals surface area contributed by atoms with Crippen molar-refractivity contribution < 1.29 is 4.92 Å². The number of hydrogen-bond donors (Lipinski definition) is 1. The first-order chi connectivity index (χ1) is 10.1. The molecule has 21 heavy (non-hydrogen) atoms. The molecule has 2 rings (SSSR count). The number of hydrogen-bond acceptors (Lipinski definition) is 7. The fourth-order valence-electron chi connectivity index (χ4n) is 2.26. The smallest absolute Gasteiger partial charge is 0.328 e. The van der Waals surface area contributed by atoms with Crippen LogP contribution in [0.3, 0.4) is 0 Å². The van der Waals surface area contributed by atoms with E-state index in [0.717, 1.165) is 32.7 Å². The van der Waals surface area contributed by atoms with Crippen LogP contribution in [-0.2, 0) is 0 Å². The van der Waals surface area contributed by atoms with E-state index in [1.54, 1.807) is 0 Å². The Morgan fingerprint density at radius 3 is 2.81 bits per heavy atom. The second kappa shape index (κ2) is 6.97. The van der Waals surface area contributed by atoms with E-state index >= 15 is 0 Å². The van der Waals surface area contributed by atoms with Gasteiger partial charge in [0, 0.05) is 45.5 Å². The first kappa shape index (κ1) is 15.2. The maximum absolute atomic E-state index is 11.1. The highest BCUT2D eigenvalue weighted by Crippen LogP contribution is 2.25. The molecule has 2 heterocycles. The summed E-state index contributed by atoms with van der Waals surface area (Å²) in [6.07, 6.45) is 1.41. The number of anilines is 1. The minimum Gasteiger partial charge on any atom is -0.363 e. The summed E-state index contributed by atoms with van der Waals surface area (Å²) in [6.45, 7) is 5.40. The van der Waals surface area contributed by atoms with Crippen molar-refractivity contribution in [1.29, 1.82) is 5.26 Å². The van der Waals surface area contributed by atoms with Crippen LogP contribution >= 0.6 is 0 Å². The zero-order valence-electron chi connectivity index (χ0n) is 11.9. The van der Waals surface area contributed by atoms with E-state index in [0.29, 0.717) is 6.54 Å². The second-order valence-corrected chi connectivity index (χ2v) is 5.00. The van der Waals surface area contributed by atoms with Crippen LogP contribution in [0.4, 0.5) is 11.5 Å². The van der Waals surface area contributed by atoms with Gasteiger partial charge in [-0.3, -0.25) is 15.0 Å².